The van der Waals surface area contributed by atoms with Crippen LogP contribution in [0.4, 0.5) is 0 Å². The van der Waals surface area contributed by atoms with Crippen molar-refractivity contribution in [3.05, 3.63) is 0 Å². The van der Waals surface area contributed by atoms with Gasteiger partial charge in [0.2, 0.25) is 0 Å². The highest BCUT2D eigenvalue weighted by atomic mass is 35.5. The molecular formula is C9H20ClNO. The van der Waals surface area contributed by atoms with Crippen LogP contribution in [-0.4, -0.2) is 31.7 Å². The molecule has 12 heavy (non-hydrogen) atoms. The molecule has 0 aromatic carbocycles. The Morgan fingerprint density at radius 1 is 1.33 bits per heavy atom. The van der Waals surface area contributed by atoms with Crippen molar-refractivity contribution in [2.75, 3.05) is 25.6 Å². The number of hydrogen-bond acceptors (Lipinski definition) is 2. The van der Waals surface area contributed by atoms with E-state index in [1.807, 2.05) is 13.8 Å². The first-order valence-corrected chi connectivity index (χ1v) is 5.08. The molecule has 2 nitrogen and oxygen atoms in total. The molecule has 0 aliphatic carbocycles. The lowest BCUT2D eigenvalue weighted by atomic mass is 10.2. The largest absolute Gasteiger partial charge is 0.377 e. The van der Waals surface area contributed by atoms with E-state index >= 15 is 0 Å². The minimum Gasteiger partial charge on any atom is -0.377 e. The van der Waals surface area contributed by atoms with E-state index in [4.69, 9.17) is 16.3 Å². The fourth-order valence-electron chi connectivity index (χ4n) is 0.770. The Balaban J connectivity index is 3.00. The van der Waals surface area contributed by atoms with Gasteiger partial charge in [0, 0.05) is 12.4 Å². The van der Waals surface area contributed by atoms with Gasteiger partial charge < -0.3 is 10.1 Å². The van der Waals surface area contributed by atoms with Crippen molar-refractivity contribution in [3.63, 3.8) is 0 Å². The molecule has 3 heteroatoms. The molecule has 0 aliphatic heterocycles. The van der Waals surface area contributed by atoms with Crippen LogP contribution in [0.3, 0.4) is 0 Å². The van der Waals surface area contributed by atoms with Crippen LogP contribution in [0.25, 0.3) is 0 Å². The van der Waals surface area contributed by atoms with Crippen LogP contribution in [0.15, 0.2) is 0 Å². The Labute approximate surface area is 80.6 Å². The molecule has 0 saturated carbocycles. The molecule has 0 bridgehead atoms. The van der Waals surface area contributed by atoms with Gasteiger partial charge in [0.05, 0.1) is 12.7 Å². The lowest BCUT2D eigenvalue weighted by Gasteiger charge is -2.10. The van der Waals surface area contributed by atoms with Crippen molar-refractivity contribution in [3.8, 4) is 0 Å². The summed E-state index contributed by atoms with van der Waals surface area (Å²) in [5.41, 5.74) is 0. The van der Waals surface area contributed by atoms with Gasteiger partial charge in [-0.25, -0.2) is 0 Å². The summed E-state index contributed by atoms with van der Waals surface area (Å²) in [6.07, 6.45) is 0.331. The van der Waals surface area contributed by atoms with Crippen molar-refractivity contribution < 1.29 is 4.74 Å². The van der Waals surface area contributed by atoms with E-state index in [1.54, 1.807) is 0 Å². The molecule has 0 aromatic rings. The molecular weight excluding hydrogens is 174 g/mol. The maximum absolute atomic E-state index is 5.64. The van der Waals surface area contributed by atoms with E-state index in [0.717, 1.165) is 25.6 Å². The third kappa shape index (κ3) is 8.31. The van der Waals surface area contributed by atoms with Gasteiger partial charge in [0.1, 0.15) is 0 Å². The molecule has 0 radical (unpaired) electrons. The number of alkyl halides is 1. The van der Waals surface area contributed by atoms with Crippen molar-refractivity contribution in [1.29, 1.82) is 0 Å². The van der Waals surface area contributed by atoms with Gasteiger partial charge in [0.15, 0.2) is 0 Å². The van der Waals surface area contributed by atoms with Crippen LogP contribution in [0.2, 0.25) is 0 Å². The van der Waals surface area contributed by atoms with E-state index in [-0.39, 0.29) is 0 Å². The van der Waals surface area contributed by atoms with Crippen LogP contribution in [0, 0.1) is 5.92 Å². The van der Waals surface area contributed by atoms with Crippen molar-refractivity contribution in [1.82, 2.24) is 5.32 Å². The second-order valence-electron chi connectivity index (χ2n) is 3.38. The summed E-state index contributed by atoms with van der Waals surface area (Å²) in [6.45, 7) is 8.89. The summed E-state index contributed by atoms with van der Waals surface area (Å²) in [4.78, 5) is 0. The van der Waals surface area contributed by atoms with Gasteiger partial charge in [-0.1, -0.05) is 6.92 Å². The maximum Gasteiger partial charge on any atom is 0.0594 e. The fourth-order valence-corrected chi connectivity index (χ4v) is 0.879. The third-order valence-electron chi connectivity index (χ3n) is 1.49. The van der Waals surface area contributed by atoms with Crippen molar-refractivity contribution in [2.24, 2.45) is 5.92 Å². The molecule has 1 unspecified atom stereocenters. The number of hydrogen-bond donors (Lipinski definition) is 1. The first kappa shape index (κ1) is 12.2. The number of nitrogens with one attached hydrogen (secondary N) is 1. The van der Waals surface area contributed by atoms with E-state index in [9.17, 15) is 0 Å². The normalized spacial score (nSPS) is 13.8. The van der Waals surface area contributed by atoms with Crippen LogP contribution in [-0.2, 0) is 4.74 Å². The molecule has 0 rings (SSSR count). The molecule has 1 atom stereocenters. The summed E-state index contributed by atoms with van der Waals surface area (Å²) in [5.74, 6) is 1.27. The zero-order valence-electron chi connectivity index (χ0n) is 8.27. The Hall–Kier alpha value is 0.210. The molecule has 0 aromatic heterocycles. The number of rotatable bonds is 7. The van der Waals surface area contributed by atoms with E-state index in [1.165, 1.54) is 0 Å². The molecule has 1 N–H and O–H groups in total. The Kier molecular flexibility index (Phi) is 7.98. The summed E-state index contributed by atoms with van der Waals surface area (Å²) >= 11 is 5.64. The standard InChI is InChI=1S/C9H20ClNO/c1-8(2)12-5-4-11-7-9(3)6-10/h8-9,11H,4-7H2,1-3H3. The molecule has 0 spiro atoms. The average molecular weight is 194 g/mol. The summed E-state index contributed by atoms with van der Waals surface area (Å²) in [6, 6.07) is 0. The zero-order chi connectivity index (χ0) is 9.40. The highest BCUT2D eigenvalue weighted by molar-refractivity contribution is 6.18. The van der Waals surface area contributed by atoms with Crippen LogP contribution in [0.5, 0.6) is 0 Å². The second-order valence-corrected chi connectivity index (χ2v) is 3.69. The SMILES string of the molecule is CC(CCl)CNCCOC(C)C. The number of halogens is 1. The molecule has 0 amide bonds. The van der Waals surface area contributed by atoms with E-state index in [2.05, 4.69) is 12.2 Å². The smallest absolute Gasteiger partial charge is 0.0594 e. The molecule has 0 saturated heterocycles. The molecule has 74 valence electrons. The predicted octanol–water partition coefficient (Wildman–Crippen LogP) is 1.88. The van der Waals surface area contributed by atoms with Gasteiger partial charge in [-0.15, -0.1) is 11.6 Å². The highest BCUT2D eigenvalue weighted by Crippen LogP contribution is 1.94. The quantitative estimate of drug-likeness (QED) is 0.493. The Morgan fingerprint density at radius 3 is 2.50 bits per heavy atom. The molecule has 0 aliphatic rings. The van der Waals surface area contributed by atoms with Gasteiger partial charge in [-0.3, -0.25) is 0 Å². The summed E-state index contributed by atoms with van der Waals surface area (Å²) < 4.78 is 5.36. The van der Waals surface area contributed by atoms with Crippen molar-refractivity contribution in [2.45, 2.75) is 26.9 Å². The highest BCUT2D eigenvalue weighted by Gasteiger charge is 1.98. The monoisotopic (exact) mass is 193 g/mol. The van der Waals surface area contributed by atoms with Gasteiger partial charge in [0.25, 0.3) is 0 Å². The van der Waals surface area contributed by atoms with E-state index in [0.29, 0.717) is 12.0 Å². The molecule has 0 fully saturated rings. The average Bonchev–Trinajstić information content (AvgIpc) is 2.03. The Bertz CT molecular complexity index is 98.5. The Morgan fingerprint density at radius 2 is 2.00 bits per heavy atom. The third-order valence-corrected chi connectivity index (χ3v) is 2.01. The van der Waals surface area contributed by atoms with Gasteiger partial charge in [-0.05, 0) is 26.3 Å². The van der Waals surface area contributed by atoms with Crippen LogP contribution in [0.1, 0.15) is 20.8 Å². The fraction of sp³-hybridized carbons (Fsp3) is 1.00. The topological polar surface area (TPSA) is 21.3 Å². The zero-order valence-corrected chi connectivity index (χ0v) is 9.03. The number of ether oxygens (including phenoxy) is 1. The summed E-state index contributed by atoms with van der Waals surface area (Å²) in [7, 11) is 0. The van der Waals surface area contributed by atoms with Crippen molar-refractivity contribution >= 4 is 11.6 Å². The summed E-state index contributed by atoms with van der Waals surface area (Å²) in [5, 5.41) is 3.28. The van der Waals surface area contributed by atoms with E-state index < -0.39 is 0 Å². The lowest BCUT2D eigenvalue weighted by Crippen LogP contribution is -2.26. The maximum atomic E-state index is 5.64. The van der Waals surface area contributed by atoms with Gasteiger partial charge in [-0.2, -0.15) is 0 Å². The molecule has 0 heterocycles. The van der Waals surface area contributed by atoms with Crippen LogP contribution < -0.4 is 5.32 Å². The lowest BCUT2D eigenvalue weighted by molar-refractivity contribution is 0.0806. The predicted molar refractivity (Wildman–Crippen MR) is 53.8 cm³/mol. The first-order valence-electron chi connectivity index (χ1n) is 4.55. The minimum absolute atomic E-state index is 0.331. The first-order chi connectivity index (χ1) is 5.66. The van der Waals surface area contributed by atoms with Gasteiger partial charge >= 0.3 is 0 Å². The minimum atomic E-state index is 0.331. The van der Waals surface area contributed by atoms with Crippen LogP contribution >= 0.6 is 11.6 Å². The second kappa shape index (κ2) is 7.84.